The summed E-state index contributed by atoms with van der Waals surface area (Å²) in [6.07, 6.45) is 0. The summed E-state index contributed by atoms with van der Waals surface area (Å²) in [5.41, 5.74) is 1.13. The minimum Gasteiger partial charge on any atom is -0.491 e. The van der Waals surface area contributed by atoms with Crippen molar-refractivity contribution in [3.63, 3.8) is 0 Å². The number of hydrogen-bond acceptors (Lipinski definition) is 3. The van der Waals surface area contributed by atoms with Gasteiger partial charge < -0.3 is 14.8 Å². The fraction of sp³-hybridized carbons (Fsp3) is 0.316. The SMILES string of the molecule is CC(C)c1ccccc1OCCNC(=O)COc1ccccc1F. The summed E-state index contributed by atoms with van der Waals surface area (Å²) in [6.45, 7) is 4.68. The predicted octanol–water partition coefficient (Wildman–Crippen LogP) is 3.52. The van der Waals surface area contributed by atoms with Gasteiger partial charge in [0, 0.05) is 0 Å². The molecule has 2 aromatic rings. The fourth-order valence-electron chi connectivity index (χ4n) is 2.20. The summed E-state index contributed by atoms with van der Waals surface area (Å²) in [4.78, 5) is 11.7. The third-order valence-electron chi connectivity index (χ3n) is 3.42. The van der Waals surface area contributed by atoms with Crippen LogP contribution < -0.4 is 14.8 Å². The van der Waals surface area contributed by atoms with Crippen molar-refractivity contribution in [1.82, 2.24) is 5.32 Å². The molecule has 0 bridgehead atoms. The highest BCUT2D eigenvalue weighted by molar-refractivity contribution is 5.77. The van der Waals surface area contributed by atoms with E-state index < -0.39 is 5.82 Å². The van der Waals surface area contributed by atoms with Gasteiger partial charge >= 0.3 is 0 Å². The molecule has 0 saturated carbocycles. The van der Waals surface area contributed by atoms with Gasteiger partial charge in [0.2, 0.25) is 0 Å². The van der Waals surface area contributed by atoms with E-state index in [1.165, 1.54) is 12.1 Å². The Morgan fingerprint density at radius 1 is 1.04 bits per heavy atom. The number of amides is 1. The lowest BCUT2D eigenvalue weighted by molar-refractivity contribution is -0.123. The van der Waals surface area contributed by atoms with Crippen LogP contribution in [0.4, 0.5) is 4.39 Å². The van der Waals surface area contributed by atoms with E-state index in [1.54, 1.807) is 12.1 Å². The molecule has 0 aliphatic heterocycles. The van der Waals surface area contributed by atoms with Crippen molar-refractivity contribution in [3.05, 3.63) is 59.9 Å². The Kier molecular flexibility index (Phi) is 6.61. The zero-order valence-corrected chi connectivity index (χ0v) is 13.9. The third-order valence-corrected chi connectivity index (χ3v) is 3.42. The molecule has 0 fully saturated rings. The first-order valence-electron chi connectivity index (χ1n) is 7.93. The van der Waals surface area contributed by atoms with Crippen LogP contribution in [0.25, 0.3) is 0 Å². The number of carbonyl (C=O) groups excluding carboxylic acids is 1. The molecule has 4 nitrogen and oxygen atoms in total. The van der Waals surface area contributed by atoms with Crippen LogP contribution in [0.15, 0.2) is 48.5 Å². The van der Waals surface area contributed by atoms with Crippen LogP contribution >= 0.6 is 0 Å². The number of nitrogens with one attached hydrogen (secondary N) is 1. The molecule has 0 aromatic heterocycles. The van der Waals surface area contributed by atoms with E-state index >= 15 is 0 Å². The highest BCUT2D eigenvalue weighted by Crippen LogP contribution is 2.25. The molecule has 0 aliphatic rings. The number of halogens is 1. The van der Waals surface area contributed by atoms with Crippen molar-refractivity contribution in [1.29, 1.82) is 0 Å². The van der Waals surface area contributed by atoms with Crippen LogP contribution in [0.1, 0.15) is 25.3 Å². The number of hydrogen-bond donors (Lipinski definition) is 1. The minimum absolute atomic E-state index is 0.0646. The van der Waals surface area contributed by atoms with E-state index in [9.17, 15) is 9.18 Å². The highest BCUT2D eigenvalue weighted by atomic mass is 19.1. The van der Waals surface area contributed by atoms with Crippen molar-refractivity contribution < 1.29 is 18.7 Å². The average Bonchev–Trinajstić information content (AvgIpc) is 2.58. The van der Waals surface area contributed by atoms with Gasteiger partial charge in [-0.25, -0.2) is 4.39 Å². The number of para-hydroxylation sites is 2. The maximum absolute atomic E-state index is 13.4. The van der Waals surface area contributed by atoms with Crippen LogP contribution in [-0.4, -0.2) is 25.7 Å². The van der Waals surface area contributed by atoms with Gasteiger partial charge in [0.1, 0.15) is 12.4 Å². The van der Waals surface area contributed by atoms with Crippen LogP contribution in [0.2, 0.25) is 0 Å². The molecule has 0 spiro atoms. The number of rotatable bonds is 8. The van der Waals surface area contributed by atoms with Gasteiger partial charge in [-0.15, -0.1) is 0 Å². The van der Waals surface area contributed by atoms with E-state index in [0.717, 1.165) is 11.3 Å². The van der Waals surface area contributed by atoms with Gasteiger partial charge in [-0.1, -0.05) is 44.2 Å². The topological polar surface area (TPSA) is 47.6 Å². The summed E-state index contributed by atoms with van der Waals surface area (Å²) in [6, 6.07) is 13.8. The Balaban J connectivity index is 1.71. The Morgan fingerprint density at radius 2 is 1.71 bits per heavy atom. The molecule has 0 heterocycles. The molecule has 0 atom stereocenters. The second kappa shape index (κ2) is 8.91. The van der Waals surface area contributed by atoms with E-state index in [0.29, 0.717) is 19.1 Å². The maximum Gasteiger partial charge on any atom is 0.258 e. The lowest BCUT2D eigenvalue weighted by atomic mass is 10.0. The molecule has 5 heteroatoms. The highest BCUT2D eigenvalue weighted by Gasteiger charge is 2.08. The van der Waals surface area contributed by atoms with Crippen molar-refractivity contribution in [2.24, 2.45) is 0 Å². The molecular formula is C19H22FNO3. The summed E-state index contributed by atoms with van der Waals surface area (Å²) in [5, 5.41) is 2.68. The molecule has 1 N–H and O–H groups in total. The van der Waals surface area contributed by atoms with Gasteiger partial charge in [-0.2, -0.15) is 0 Å². The Morgan fingerprint density at radius 3 is 2.42 bits per heavy atom. The lowest BCUT2D eigenvalue weighted by Crippen LogP contribution is -2.32. The monoisotopic (exact) mass is 331 g/mol. The number of carbonyl (C=O) groups is 1. The molecule has 0 saturated heterocycles. The molecule has 128 valence electrons. The van der Waals surface area contributed by atoms with Gasteiger partial charge in [0.15, 0.2) is 18.2 Å². The molecule has 2 aromatic carbocycles. The Labute approximate surface area is 141 Å². The Hall–Kier alpha value is -2.56. The van der Waals surface area contributed by atoms with E-state index in [-0.39, 0.29) is 18.3 Å². The molecule has 2 rings (SSSR count). The zero-order chi connectivity index (χ0) is 17.4. The van der Waals surface area contributed by atoms with Crippen molar-refractivity contribution in [2.45, 2.75) is 19.8 Å². The molecule has 0 radical (unpaired) electrons. The van der Waals surface area contributed by atoms with Gasteiger partial charge in [-0.05, 0) is 29.7 Å². The normalized spacial score (nSPS) is 10.5. The predicted molar refractivity (Wildman–Crippen MR) is 90.9 cm³/mol. The summed E-state index contributed by atoms with van der Waals surface area (Å²) in [5.74, 6) is 0.446. The van der Waals surface area contributed by atoms with Gasteiger partial charge in [-0.3, -0.25) is 4.79 Å². The van der Waals surface area contributed by atoms with Gasteiger partial charge in [0.25, 0.3) is 5.91 Å². The Bertz CT molecular complexity index is 673. The van der Waals surface area contributed by atoms with Crippen molar-refractivity contribution in [2.75, 3.05) is 19.8 Å². The summed E-state index contributed by atoms with van der Waals surface area (Å²) >= 11 is 0. The second-order valence-electron chi connectivity index (χ2n) is 5.61. The standard InChI is InChI=1S/C19H22FNO3/c1-14(2)15-7-3-5-9-17(15)23-12-11-21-19(22)13-24-18-10-6-4-8-16(18)20/h3-10,14H,11-13H2,1-2H3,(H,21,22). The fourth-order valence-corrected chi connectivity index (χ4v) is 2.20. The zero-order valence-electron chi connectivity index (χ0n) is 13.9. The summed E-state index contributed by atoms with van der Waals surface area (Å²) in [7, 11) is 0. The smallest absolute Gasteiger partial charge is 0.258 e. The van der Waals surface area contributed by atoms with Gasteiger partial charge in [0.05, 0.1) is 6.54 Å². The second-order valence-corrected chi connectivity index (χ2v) is 5.61. The first-order chi connectivity index (χ1) is 11.6. The van der Waals surface area contributed by atoms with E-state index in [1.807, 2.05) is 24.3 Å². The molecule has 0 aliphatic carbocycles. The van der Waals surface area contributed by atoms with Crippen LogP contribution in [0, 0.1) is 5.82 Å². The van der Waals surface area contributed by atoms with Crippen molar-refractivity contribution >= 4 is 5.91 Å². The van der Waals surface area contributed by atoms with E-state index in [2.05, 4.69) is 19.2 Å². The number of benzene rings is 2. The molecule has 0 unspecified atom stereocenters. The van der Waals surface area contributed by atoms with E-state index in [4.69, 9.17) is 9.47 Å². The first kappa shape index (κ1) is 17.8. The van der Waals surface area contributed by atoms with Crippen molar-refractivity contribution in [3.8, 4) is 11.5 Å². The number of ether oxygens (including phenoxy) is 2. The minimum atomic E-state index is -0.487. The van der Waals surface area contributed by atoms with Crippen LogP contribution in [0.3, 0.4) is 0 Å². The molecule has 1 amide bonds. The average molecular weight is 331 g/mol. The summed E-state index contributed by atoms with van der Waals surface area (Å²) < 4.78 is 24.2. The molecule has 24 heavy (non-hydrogen) atoms. The maximum atomic E-state index is 13.4. The van der Waals surface area contributed by atoms with Crippen LogP contribution in [-0.2, 0) is 4.79 Å². The lowest BCUT2D eigenvalue weighted by Gasteiger charge is -2.14. The molecular weight excluding hydrogens is 309 g/mol. The first-order valence-corrected chi connectivity index (χ1v) is 7.93. The largest absolute Gasteiger partial charge is 0.491 e. The van der Waals surface area contributed by atoms with Crippen LogP contribution in [0.5, 0.6) is 11.5 Å². The third kappa shape index (κ3) is 5.26. The quantitative estimate of drug-likeness (QED) is 0.753.